The predicted octanol–water partition coefficient (Wildman–Crippen LogP) is -0.948. The van der Waals surface area contributed by atoms with E-state index in [1.165, 1.54) is 6.20 Å². The number of aromatic nitrogens is 4. The second-order valence-corrected chi connectivity index (χ2v) is 4.06. The van der Waals surface area contributed by atoms with Gasteiger partial charge in [0, 0.05) is 23.9 Å². The SMILES string of the molecule is Nc1nc(N)nc(-c2ccc(CC(N)C(=O)O)nc2)n1. The van der Waals surface area contributed by atoms with Crippen LogP contribution in [0.25, 0.3) is 11.4 Å². The summed E-state index contributed by atoms with van der Waals surface area (Å²) in [6.45, 7) is 0. The van der Waals surface area contributed by atoms with Crippen molar-refractivity contribution in [1.29, 1.82) is 0 Å². The summed E-state index contributed by atoms with van der Waals surface area (Å²) < 4.78 is 0. The molecule has 0 fully saturated rings. The van der Waals surface area contributed by atoms with Gasteiger partial charge in [0.2, 0.25) is 11.9 Å². The number of carboxylic acids is 1. The van der Waals surface area contributed by atoms with Crippen LogP contribution in [0.5, 0.6) is 0 Å². The normalized spacial score (nSPS) is 12.1. The molecule has 2 heterocycles. The second-order valence-electron chi connectivity index (χ2n) is 4.06. The Morgan fingerprint density at radius 1 is 1.20 bits per heavy atom. The van der Waals surface area contributed by atoms with E-state index < -0.39 is 12.0 Å². The van der Waals surface area contributed by atoms with Gasteiger partial charge in [-0.25, -0.2) is 0 Å². The lowest BCUT2D eigenvalue weighted by Crippen LogP contribution is -2.32. The van der Waals surface area contributed by atoms with Gasteiger partial charge in [0.1, 0.15) is 6.04 Å². The summed E-state index contributed by atoms with van der Waals surface area (Å²) in [4.78, 5) is 26.3. The van der Waals surface area contributed by atoms with E-state index in [4.69, 9.17) is 22.3 Å². The van der Waals surface area contributed by atoms with Crippen molar-refractivity contribution in [2.45, 2.75) is 12.5 Å². The summed E-state index contributed by atoms with van der Waals surface area (Å²) in [5.74, 6) is -0.737. The third kappa shape index (κ3) is 3.14. The van der Waals surface area contributed by atoms with Crippen molar-refractivity contribution in [3.05, 3.63) is 24.0 Å². The molecule has 0 saturated carbocycles. The fraction of sp³-hybridized carbons (Fsp3) is 0.182. The molecule has 0 aliphatic rings. The molecule has 1 unspecified atom stereocenters. The average Bonchev–Trinajstić information content (AvgIpc) is 2.38. The highest BCUT2D eigenvalue weighted by Crippen LogP contribution is 2.15. The van der Waals surface area contributed by atoms with Gasteiger partial charge in [0.15, 0.2) is 5.82 Å². The van der Waals surface area contributed by atoms with Gasteiger partial charge < -0.3 is 22.3 Å². The third-order valence-electron chi connectivity index (χ3n) is 2.50. The summed E-state index contributed by atoms with van der Waals surface area (Å²) in [5, 5.41) is 8.73. The molecule has 0 spiro atoms. The Bertz CT molecular complexity index is 609. The summed E-state index contributed by atoms with van der Waals surface area (Å²) in [6.07, 6.45) is 1.63. The largest absolute Gasteiger partial charge is 0.480 e. The molecule has 2 aromatic rings. The van der Waals surface area contributed by atoms with E-state index in [1.807, 2.05) is 0 Å². The van der Waals surface area contributed by atoms with Gasteiger partial charge in [-0.15, -0.1) is 0 Å². The van der Waals surface area contributed by atoms with Crippen LogP contribution in [0.2, 0.25) is 0 Å². The topological polar surface area (TPSA) is 167 Å². The van der Waals surface area contributed by atoms with E-state index >= 15 is 0 Å². The van der Waals surface area contributed by atoms with Gasteiger partial charge >= 0.3 is 5.97 Å². The first-order valence-electron chi connectivity index (χ1n) is 5.66. The fourth-order valence-corrected chi connectivity index (χ4v) is 1.53. The summed E-state index contributed by atoms with van der Waals surface area (Å²) in [5.41, 5.74) is 17.5. The number of rotatable bonds is 4. The van der Waals surface area contributed by atoms with E-state index in [9.17, 15) is 4.79 Å². The number of nitrogens with two attached hydrogens (primary N) is 3. The van der Waals surface area contributed by atoms with Crippen LogP contribution in [0.3, 0.4) is 0 Å². The van der Waals surface area contributed by atoms with Crippen LogP contribution in [0.1, 0.15) is 5.69 Å². The van der Waals surface area contributed by atoms with Gasteiger partial charge in [0.25, 0.3) is 0 Å². The molecule has 2 rings (SSSR count). The summed E-state index contributed by atoms with van der Waals surface area (Å²) >= 11 is 0. The molecule has 9 nitrogen and oxygen atoms in total. The zero-order chi connectivity index (χ0) is 14.7. The van der Waals surface area contributed by atoms with Crippen LogP contribution in [0.15, 0.2) is 18.3 Å². The van der Waals surface area contributed by atoms with Crippen LogP contribution in [-0.4, -0.2) is 37.1 Å². The second kappa shape index (κ2) is 5.45. The minimum absolute atomic E-state index is 0.0180. The first kappa shape index (κ1) is 13.6. The maximum Gasteiger partial charge on any atom is 0.320 e. The lowest BCUT2D eigenvalue weighted by Gasteiger charge is -2.06. The van der Waals surface area contributed by atoms with Crippen molar-refractivity contribution < 1.29 is 9.90 Å². The zero-order valence-electron chi connectivity index (χ0n) is 10.4. The maximum atomic E-state index is 10.7. The molecule has 1 atom stereocenters. The van der Waals surface area contributed by atoms with Crippen LogP contribution >= 0.6 is 0 Å². The van der Waals surface area contributed by atoms with E-state index in [0.29, 0.717) is 17.1 Å². The number of aliphatic carboxylic acids is 1. The van der Waals surface area contributed by atoms with E-state index in [2.05, 4.69) is 19.9 Å². The maximum absolute atomic E-state index is 10.7. The number of carbonyl (C=O) groups is 1. The van der Waals surface area contributed by atoms with E-state index in [1.54, 1.807) is 12.1 Å². The molecule has 0 aromatic carbocycles. The Balaban J connectivity index is 2.21. The Morgan fingerprint density at radius 3 is 2.35 bits per heavy atom. The van der Waals surface area contributed by atoms with Gasteiger partial charge in [0.05, 0.1) is 0 Å². The molecule has 0 saturated heterocycles. The molecule has 20 heavy (non-hydrogen) atoms. The van der Waals surface area contributed by atoms with Crippen LogP contribution in [0.4, 0.5) is 11.9 Å². The molecular formula is C11H13N7O2. The molecule has 0 bridgehead atoms. The monoisotopic (exact) mass is 275 g/mol. The van der Waals surface area contributed by atoms with Crippen molar-refractivity contribution in [1.82, 2.24) is 19.9 Å². The highest BCUT2D eigenvalue weighted by atomic mass is 16.4. The van der Waals surface area contributed by atoms with Crippen LogP contribution < -0.4 is 17.2 Å². The number of carboxylic acid groups (broad SMARTS) is 1. The lowest BCUT2D eigenvalue weighted by atomic mass is 10.1. The molecular weight excluding hydrogens is 262 g/mol. The predicted molar refractivity (Wildman–Crippen MR) is 71.2 cm³/mol. The number of anilines is 2. The fourth-order valence-electron chi connectivity index (χ4n) is 1.53. The quantitative estimate of drug-likeness (QED) is 0.549. The molecule has 104 valence electrons. The van der Waals surface area contributed by atoms with Crippen LogP contribution in [-0.2, 0) is 11.2 Å². The molecule has 2 aromatic heterocycles. The molecule has 9 heteroatoms. The number of hydrogen-bond acceptors (Lipinski definition) is 8. The van der Waals surface area contributed by atoms with E-state index in [0.717, 1.165) is 0 Å². The Kier molecular flexibility index (Phi) is 3.71. The molecule has 0 aliphatic heterocycles. The zero-order valence-corrected chi connectivity index (χ0v) is 10.4. The van der Waals surface area contributed by atoms with Crippen molar-refractivity contribution in [3.63, 3.8) is 0 Å². The molecule has 7 N–H and O–H groups in total. The number of pyridine rings is 1. The first-order valence-corrected chi connectivity index (χ1v) is 5.66. The molecule has 0 radical (unpaired) electrons. The minimum Gasteiger partial charge on any atom is -0.480 e. The highest BCUT2D eigenvalue weighted by molar-refractivity contribution is 5.73. The Morgan fingerprint density at radius 2 is 1.85 bits per heavy atom. The van der Waals surface area contributed by atoms with Gasteiger partial charge in [-0.3, -0.25) is 9.78 Å². The van der Waals surface area contributed by atoms with Gasteiger partial charge in [-0.1, -0.05) is 0 Å². The third-order valence-corrected chi connectivity index (χ3v) is 2.50. The molecule has 0 amide bonds. The standard InChI is InChI=1S/C11H13N7O2/c12-7(9(19)20)3-6-2-1-5(4-15-6)8-16-10(13)18-11(14)17-8/h1-2,4,7H,3,12H2,(H,19,20)(H4,13,14,16,17,18). The van der Waals surface area contributed by atoms with E-state index in [-0.39, 0.29) is 18.3 Å². The number of hydrogen-bond donors (Lipinski definition) is 4. The lowest BCUT2D eigenvalue weighted by molar-refractivity contribution is -0.138. The Hall–Kier alpha value is -2.81. The molecule has 0 aliphatic carbocycles. The smallest absolute Gasteiger partial charge is 0.320 e. The average molecular weight is 275 g/mol. The van der Waals surface area contributed by atoms with Crippen molar-refractivity contribution in [2.75, 3.05) is 11.5 Å². The Labute approximate surface area is 113 Å². The first-order chi connectivity index (χ1) is 9.45. The minimum atomic E-state index is -1.08. The van der Waals surface area contributed by atoms with Crippen molar-refractivity contribution in [2.24, 2.45) is 5.73 Å². The van der Waals surface area contributed by atoms with Crippen molar-refractivity contribution in [3.8, 4) is 11.4 Å². The number of nitrogen functional groups attached to an aromatic ring is 2. The highest BCUT2D eigenvalue weighted by Gasteiger charge is 2.13. The van der Waals surface area contributed by atoms with Gasteiger partial charge in [-0.05, 0) is 12.1 Å². The van der Waals surface area contributed by atoms with Crippen LogP contribution in [0, 0.1) is 0 Å². The van der Waals surface area contributed by atoms with Gasteiger partial charge in [-0.2, -0.15) is 15.0 Å². The summed E-state index contributed by atoms with van der Waals surface area (Å²) in [7, 11) is 0. The number of nitrogens with zero attached hydrogens (tertiary/aromatic N) is 4. The summed E-state index contributed by atoms with van der Waals surface area (Å²) in [6, 6.07) is 2.34. The van der Waals surface area contributed by atoms with Crippen molar-refractivity contribution >= 4 is 17.9 Å².